The molecule has 3 unspecified atom stereocenters. The monoisotopic (exact) mass is 790 g/mol. The lowest BCUT2D eigenvalue weighted by Gasteiger charge is -2.19. The molecule has 19 heteroatoms. The van der Waals surface area contributed by atoms with Crippen LogP contribution in [0.3, 0.4) is 0 Å². The van der Waals surface area contributed by atoms with E-state index >= 15 is 0 Å². The summed E-state index contributed by atoms with van der Waals surface area (Å²) in [6, 6.07) is 5.06. The van der Waals surface area contributed by atoms with Crippen molar-refractivity contribution in [3.05, 3.63) is 86.5 Å². The molecule has 3 atom stereocenters. The second-order valence-electron chi connectivity index (χ2n) is 11.8. The van der Waals surface area contributed by atoms with Gasteiger partial charge in [-0.05, 0) is 44.9 Å². The quantitative estimate of drug-likeness (QED) is 0.0306. The predicted octanol–water partition coefficient (Wildman–Crippen LogP) is 4.13. The number of benzene rings is 2. The number of hydrogen-bond acceptors (Lipinski definition) is 17. The highest BCUT2D eigenvalue weighted by Crippen LogP contribution is 2.39. The Balaban J connectivity index is 1.99. The molecule has 19 nitrogen and oxygen atoms in total. The lowest BCUT2D eigenvalue weighted by atomic mass is 10.0. The number of Topliss-reactive ketones (excluding diaryl/α,β-unsaturated/α-hetero) is 1. The molecule has 0 fully saturated rings. The van der Waals surface area contributed by atoms with Gasteiger partial charge in [-0.15, -0.1) is 0 Å². The van der Waals surface area contributed by atoms with E-state index in [1.807, 2.05) is 0 Å². The molecule has 0 aliphatic carbocycles. The topological polar surface area (TPSA) is 260 Å². The number of nitro benzene ring substituents is 2. The van der Waals surface area contributed by atoms with E-state index in [0.29, 0.717) is 0 Å². The van der Waals surface area contributed by atoms with Gasteiger partial charge >= 0.3 is 11.9 Å². The van der Waals surface area contributed by atoms with Crippen LogP contribution < -0.4 is 14.2 Å². The van der Waals surface area contributed by atoms with Crippen molar-refractivity contribution in [3.8, 4) is 17.2 Å². The van der Waals surface area contributed by atoms with E-state index in [-0.39, 0.29) is 111 Å². The summed E-state index contributed by atoms with van der Waals surface area (Å²) in [5, 5.41) is 43.6. The van der Waals surface area contributed by atoms with Crippen molar-refractivity contribution in [2.24, 2.45) is 0 Å². The Labute approximate surface area is 322 Å². The molecule has 0 aliphatic heterocycles. The fraction of sp³-hybridized carbons (Fsp3) is 0.459. The number of ether oxygens (including phenoxy) is 7. The van der Waals surface area contributed by atoms with E-state index in [1.54, 1.807) is 13.8 Å². The molecular weight excluding hydrogens is 744 g/mol. The second-order valence-corrected chi connectivity index (χ2v) is 11.8. The molecule has 0 amide bonds. The number of ketones is 2. The summed E-state index contributed by atoms with van der Waals surface area (Å²) in [5.41, 5.74) is -0.163. The van der Waals surface area contributed by atoms with Gasteiger partial charge in [0.25, 0.3) is 11.4 Å². The third kappa shape index (κ3) is 14.5. The number of aliphatic hydroxyl groups is 2. The van der Waals surface area contributed by atoms with Crippen LogP contribution in [0.5, 0.6) is 17.2 Å². The molecule has 0 aromatic heterocycles. The fourth-order valence-electron chi connectivity index (χ4n) is 4.99. The lowest BCUT2D eigenvalue weighted by molar-refractivity contribution is -0.386. The molecule has 0 saturated heterocycles. The molecule has 0 bridgehead atoms. The van der Waals surface area contributed by atoms with Crippen LogP contribution in [0.2, 0.25) is 0 Å². The van der Waals surface area contributed by atoms with Gasteiger partial charge in [0.15, 0.2) is 29.2 Å². The van der Waals surface area contributed by atoms with Crippen molar-refractivity contribution < 1.29 is 72.4 Å². The molecule has 2 aromatic carbocycles. The van der Waals surface area contributed by atoms with Gasteiger partial charge < -0.3 is 43.4 Å². The minimum Gasteiger partial charge on any atom is -0.493 e. The molecule has 0 heterocycles. The highest BCUT2D eigenvalue weighted by molar-refractivity contribution is 6.09. The molecule has 306 valence electrons. The Morgan fingerprint density at radius 2 is 1.29 bits per heavy atom. The molecule has 2 N–H and O–H groups in total. The van der Waals surface area contributed by atoms with E-state index in [2.05, 4.69) is 13.2 Å². The lowest BCUT2D eigenvalue weighted by Crippen LogP contribution is -2.28. The van der Waals surface area contributed by atoms with E-state index < -0.39 is 58.3 Å². The Hall–Kier alpha value is -5.76. The molecule has 0 saturated carbocycles. The largest absolute Gasteiger partial charge is 0.493 e. The minimum atomic E-state index is -1.82. The zero-order valence-corrected chi connectivity index (χ0v) is 31.3. The first-order valence-electron chi connectivity index (χ1n) is 17.3. The van der Waals surface area contributed by atoms with Crippen molar-refractivity contribution in [3.63, 3.8) is 0 Å². The number of methoxy groups -OCH3 is 1. The van der Waals surface area contributed by atoms with Crippen molar-refractivity contribution >= 4 is 34.9 Å². The number of nitro groups is 2. The smallest absolute Gasteiger partial charge is 0.330 e. The Kier molecular flexibility index (Phi) is 19.8. The average molecular weight is 791 g/mol. The van der Waals surface area contributed by atoms with E-state index in [4.69, 9.17) is 33.2 Å². The highest BCUT2D eigenvalue weighted by Gasteiger charge is 2.27. The van der Waals surface area contributed by atoms with Gasteiger partial charge in [-0.25, -0.2) is 4.79 Å². The van der Waals surface area contributed by atoms with E-state index in [0.717, 1.165) is 24.3 Å². The zero-order valence-electron chi connectivity index (χ0n) is 31.3. The number of rotatable bonds is 28. The summed E-state index contributed by atoms with van der Waals surface area (Å²) in [4.78, 5) is 69.0. The van der Waals surface area contributed by atoms with Crippen LogP contribution in [-0.2, 0) is 44.7 Å². The maximum absolute atomic E-state index is 12.0. The van der Waals surface area contributed by atoms with Crippen LogP contribution in [-0.4, -0.2) is 96.4 Å². The van der Waals surface area contributed by atoms with Gasteiger partial charge in [0.1, 0.15) is 19.0 Å². The van der Waals surface area contributed by atoms with Crippen molar-refractivity contribution in [2.75, 3.05) is 46.8 Å². The first kappa shape index (κ1) is 46.4. The Bertz CT molecular complexity index is 1730. The summed E-state index contributed by atoms with van der Waals surface area (Å²) in [5.74, 6) is -2.56. The molecule has 2 aromatic rings. The number of hydrogen-bond donors (Lipinski definition) is 2. The van der Waals surface area contributed by atoms with E-state index in [1.165, 1.54) is 19.2 Å². The second kappa shape index (κ2) is 23.9. The zero-order chi connectivity index (χ0) is 41.8. The maximum atomic E-state index is 12.0. The standard InChI is InChI=1S/C37H46N2O17/c1-6-30(41)37(45)31(42)10-8-12-54-34-21-29(39(48)49)27(19-33(34)50-5)24(4)52-15-14-51-23(3)26-18-25(22-40)32(20-28(26)38(46)47)53-13-9-11-36(44)56-17-16-55-35(43)7-2/h6-7,18-21,23-24,37,40,45H,1-2,8-17,22H2,3-5H3. The van der Waals surface area contributed by atoms with E-state index in [9.17, 15) is 49.6 Å². The Morgan fingerprint density at radius 3 is 1.82 bits per heavy atom. The molecule has 2 rings (SSSR count). The number of aliphatic hydroxyl groups excluding tert-OH is 2. The molecular formula is C37H46N2O17. The normalized spacial score (nSPS) is 12.4. The van der Waals surface area contributed by atoms with Crippen LogP contribution in [0.15, 0.2) is 49.6 Å². The van der Waals surface area contributed by atoms with Crippen molar-refractivity contribution in [1.29, 1.82) is 0 Å². The average Bonchev–Trinajstić information content (AvgIpc) is 3.19. The van der Waals surface area contributed by atoms with Crippen LogP contribution in [0.25, 0.3) is 0 Å². The number of nitrogens with zero attached hydrogens (tertiary/aromatic N) is 2. The predicted molar refractivity (Wildman–Crippen MR) is 195 cm³/mol. The van der Waals surface area contributed by atoms with Crippen LogP contribution >= 0.6 is 0 Å². The van der Waals surface area contributed by atoms with Crippen molar-refractivity contribution in [1.82, 2.24) is 0 Å². The van der Waals surface area contributed by atoms with Gasteiger partial charge in [0, 0.05) is 24.5 Å². The summed E-state index contributed by atoms with van der Waals surface area (Å²) in [6.07, 6.45) is -1.65. The van der Waals surface area contributed by atoms with Gasteiger partial charge in [-0.1, -0.05) is 13.2 Å². The van der Waals surface area contributed by atoms with Gasteiger partial charge in [-0.3, -0.25) is 34.6 Å². The fourth-order valence-corrected chi connectivity index (χ4v) is 4.99. The summed E-state index contributed by atoms with van der Waals surface area (Å²) in [7, 11) is 1.33. The number of esters is 2. The third-order valence-corrected chi connectivity index (χ3v) is 7.92. The van der Waals surface area contributed by atoms with Gasteiger partial charge in [0.05, 0.1) is 85.5 Å². The van der Waals surface area contributed by atoms with Gasteiger partial charge in [0.2, 0.25) is 0 Å². The summed E-state index contributed by atoms with van der Waals surface area (Å²) in [6.45, 7) is 8.53. The van der Waals surface area contributed by atoms with Gasteiger partial charge in [-0.2, -0.15) is 0 Å². The molecule has 0 aliphatic rings. The molecule has 56 heavy (non-hydrogen) atoms. The van der Waals surface area contributed by atoms with Crippen LogP contribution in [0.4, 0.5) is 11.4 Å². The SMILES string of the molecule is C=CC(=O)OCCOC(=O)CCCOc1cc([N+](=O)[O-])c(C(C)OCCOC(C)c2cc(OC)c(OCCCC(=O)C(O)C(=O)C=C)cc2[N+](=O)[O-])cc1CO. The summed E-state index contributed by atoms with van der Waals surface area (Å²) >= 11 is 0. The summed E-state index contributed by atoms with van der Waals surface area (Å²) < 4.78 is 37.9. The van der Waals surface area contributed by atoms with Crippen LogP contribution in [0, 0.1) is 20.2 Å². The number of carbonyl (C=O) groups excluding carboxylic acids is 4. The number of carbonyl (C=O) groups is 4. The highest BCUT2D eigenvalue weighted by atomic mass is 16.6. The molecule has 0 spiro atoms. The Morgan fingerprint density at radius 1 is 0.750 bits per heavy atom. The first-order valence-corrected chi connectivity index (χ1v) is 17.3. The molecule has 0 radical (unpaired) electrons. The first-order chi connectivity index (χ1) is 26.7. The van der Waals surface area contributed by atoms with Crippen molar-refractivity contribution in [2.45, 2.75) is 64.4 Å². The minimum absolute atomic E-state index is 0.0184. The van der Waals surface area contributed by atoms with Crippen LogP contribution in [0.1, 0.15) is 68.4 Å². The maximum Gasteiger partial charge on any atom is 0.330 e. The third-order valence-electron chi connectivity index (χ3n) is 7.92.